The lowest BCUT2D eigenvalue weighted by atomic mass is 9.51. The lowest BCUT2D eigenvalue weighted by molar-refractivity contribution is 0.0242. The Bertz CT molecular complexity index is 418. The monoisotopic (exact) mass is 245 g/mol. The van der Waals surface area contributed by atoms with Crippen LogP contribution in [0.5, 0.6) is 0 Å². The van der Waals surface area contributed by atoms with Gasteiger partial charge in [0.1, 0.15) is 0 Å². The van der Waals surface area contributed by atoms with Crippen LogP contribution in [0.4, 0.5) is 0 Å². The minimum Gasteiger partial charge on any atom is -0.316 e. The summed E-state index contributed by atoms with van der Waals surface area (Å²) in [5, 5.41) is 3.53. The van der Waals surface area contributed by atoms with Gasteiger partial charge in [-0.1, -0.05) is 37.6 Å². The normalized spacial score (nSPS) is 25.8. The first-order valence-corrected chi connectivity index (χ1v) is 7.33. The van der Waals surface area contributed by atoms with E-state index in [2.05, 4.69) is 58.3 Å². The van der Waals surface area contributed by atoms with Gasteiger partial charge in [0.25, 0.3) is 0 Å². The summed E-state index contributed by atoms with van der Waals surface area (Å²) in [6, 6.07) is 7.61. The van der Waals surface area contributed by atoms with Gasteiger partial charge in [-0.2, -0.15) is 0 Å². The fourth-order valence-electron chi connectivity index (χ4n) is 4.00. The van der Waals surface area contributed by atoms with Crippen LogP contribution in [0.3, 0.4) is 0 Å². The molecule has 100 valence electrons. The van der Waals surface area contributed by atoms with Crippen molar-refractivity contribution in [1.82, 2.24) is 5.32 Å². The average molecular weight is 245 g/mol. The van der Waals surface area contributed by atoms with Crippen LogP contribution < -0.4 is 5.32 Å². The molecule has 1 aromatic rings. The molecule has 0 aromatic heterocycles. The van der Waals surface area contributed by atoms with E-state index in [4.69, 9.17) is 0 Å². The van der Waals surface area contributed by atoms with Crippen LogP contribution >= 0.6 is 0 Å². The van der Waals surface area contributed by atoms with Crippen molar-refractivity contribution in [3.05, 3.63) is 34.9 Å². The fraction of sp³-hybridized carbons (Fsp3) is 0.647. The maximum atomic E-state index is 3.53. The second-order valence-corrected chi connectivity index (χ2v) is 5.93. The van der Waals surface area contributed by atoms with Crippen molar-refractivity contribution >= 4 is 0 Å². The number of nitrogens with one attached hydrogen (secondary N) is 1. The molecule has 18 heavy (non-hydrogen) atoms. The van der Waals surface area contributed by atoms with Gasteiger partial charge in [0.15, 0.2) is 0 Å². The quantitative estimate of drug-likeness (QED) is 0.839. The molecule has 2 rings (SSSR count). The Morgan fingerprint density at radius 1 is 1.22 bits per heavy atom. The van der Waals surface area contributed by atoms with Gasteiger partial charge in [-0.15, -0.1) is 0 Å². The molecular weight excluding hydrogens is 218 g/mol. The lowest BCUT2D eigenvalue weighted by Gasteiger charge is -2.56. The molecule has 0 amide bonds. The van der Waals surface area contributed by atoms with Crippen LogP contribution in [0.25, 0.3) is 0 Å². The third-order valence-corrected chi connectivity index (χ3v) is 5.33. The molecule has 1 saturated carbocycles. The standard InChI is InChI=1S/C17H27N/c1-6-17(7-2)15(11-16(17)18-5)14-10-12(3)8-9-13(14)4/h8-10,15-16,18H,6-7,11H2,1-5H3. The summed E-state index contributed by atoms with van der Waals surface area (Å²) < 4.78 is 0. The summed E-state index contributed by atoms with van der Waals surface area (Å²) in [5.74, 6) is 0.741. The highest BCUT2D eigenvalue weighted by molar-refractivity contribution is 5.37. The topological polar surface area (TPSA) is 12.0 Å². The van der Waals surface area contributed by atoms with Crippen molar-refractivity contribution in [2.75, 3.05) is 7.05 Å². The molecule has 0 saturated heterocycles. The number of hydrogen-bond donors (Lipinski definition) is 1. The highest BCUT2D eigenvalue weighted by atomic mass is 14.9. The minimum atomic E-state index is 0.466. The van der Waals surface area contributed by atoms with E-state index in [1.165, 1.54) is 30.4 Å². The van der Waals surface area contributed by atoms with Crippen molar-refractivity contribution < 1.29 is 0 Å². The average Bonchev–Trinajstić information content (AvgIpc) is 2.35. The van der Waals surface area contributed by atoms with Crippen molar-refractivity contribution in [1.29, 1.82) is 0 Å². The molecule has 1 N–H and O–H groups in total. The number of aryl methyl sites for hydroxylation is 2. The van der Waals surface area contributed by atoms with Gasteiger partial charge in [-0.25, -0.2) is 0 Å². The summed E-state index contributed by atoms with van der Waals surface area (Å²) in [7, 11) is 2.12. The van der Waals surface area contributed by atoms with E-state index < -0.39 is 0 Å². The molecule has 2 atom stereocenters. The molecule has 1 nitrogen and oxygen atoms in total. The zero-order valence-electron chi connectivity index (χ0n) is 12.5. The highest BCUT2D eigenvalue weighted by Crippen LogP contribution is 2.57. The Labute approximate surface area is 112 Å². The van der Waals surface area contributed by atoms with Crippen molar-refractivity contribution in [2.45, 2.75) is 58.9 Å². The largest absolute Gasteiger partial charge is 0.316 e. The van der Waals surface area contributed by atoms with E-state index in [0.717, 1.165) is 5.92 Å². The molecule has 2 unspecified atom stereocenters. The minimum absolute atomic E-state index is 0.466. The van der Waals surface area contributed by atoms with E-state index >= 15 is 0 Å². The predicted molar refractivity (Wildman–Crippen MR) is 79.1 cm³/mol. The first kappa shape index (κ1) is 13.6. The van der Waals surface area contributed by atoms with Crippen LogP contribution in [0, 0.1) is 19.3 Å². The van der Waals surface area contributed by atoms with Gasteiger partial charge >= 0.3 is 0 Å². The van der Waals surface area contributed by atoms with Gasteiger partial charge in [-0.3, -0.25) is 0 Å². The molecule has 1 heteroatoms. The van der Waals surface area contributed by atoms with Crippen molar-refractivity contribution in [2.24, 2.45) is 5.41 Å². The second kappa shape index (κ2) is 5.05. The van der Waals surface area contributed by atoms with Gasteiger partial charge < -0.3 is 5.32 Å². The molecular formula is C17H27N. The second-order valence-electron chi connectivity index (χ2n) is 5.93. The van der Waals surface area contributed by atoms with E-state index in [0.29, 0.717) is 11.5 Å². The van der Waals surface area contributed by atoms with Crippen LogP contribution in [-0.2, 0) is 0 Å². The fourth-order valence-corrected chi connectivity index (χ4v) is 4.00. The Morgan fingerprint density at radius 2 is 1.89 bits per heavy atom. The number of hydrogen-bond acceptors (Lipinski definition) is 1. The Morgan fingerprint density at radius 3 is 2.44 bits per heavy atom. The Hall–Kier alpha value is -0.820. The Kier molecular flexibility index (Phi) is 3.82. The highest BCUT2D eigenvalue weighted by Gasteiger charge is 2.52. The third kappa shape index (κ3) is 1.89. The molecule has 0 heterocycles. The van der Waals surface area contributed by atoms with E-state index in [-0.39, 0.29) is 0 Å². The summed E-state index contributed by atoms with van der Waals surface area (Å²) >= 11 is 0. The van der Waals surface area contributed by atoms with E-state index in [1.54, 1.807) is 5.56 Å². The zero-order chi connectivity index (χ0) is 13.3. The SMILES string of the molecule is CCC1(CC)C(NC)CC1c1cc(C)ccc1C. The van der Waals surface area contributed by atoms with Crippen LogP contribution in [-0.4, -0.2) is 13.1 Å². The van der Waals surface area contributed by atoms with Crippen LogP contribution in [0.15, 0.2) is 18.2 Å². The summed E-state index contributed by atoms with van der Waals surface area (Å²) in [5.41, 5.74) is 4.91. The molecule has 0 aliphatic heterocycles. The zero-order valence-corrected chi connectivity index (χ0v) is 12.5. The number of benzene rings is 1. The summed E-state index contributed by atoms with van der Waals surface area (Å²) in [6.45, 7) is 9.17. The maximum Gasteiger partial charge on any atom is 0.0132 e. The first-order valence-electron chi connectivity index (χ1n) is 7.33. The maximum absolute atomic E-state index is 3.53. The van der Waals surface area contributed by atoms with Gasteiger partial charge in [-0.05, 0) is 62.6 Å². The molecule has 0 radical (unpaired) electrons. The molecule has 1 aliphatic rings. The van der Waals surface area contributed by atoms with Crippen LogP contribution in [0.1, 0.15) is 55.7 Å². The first-order chi connectivity index (χ1) is 8.58. The van der Waals surface area contributed by atoms with Crippen LogP contribution in [0.2, 0.25) is 0 Å². The Balaban J connectivity index is 2.37. The molecule has 1 aliphatic carbocycles. The summed E-state index contributed by atoms with van der Waals surface area (Å²) in [4.78, 5) is 0. The smallest absolute Gasteiger partial charge is 0.0132 e. The van der Waals surface area contributed by atoms with Gasteiger partial charge in [0.05, 0.1) is 0 Å². The van der Waals surface area contributed by atoms with E-state index in [9.17, 15) is 0 Å². The summed E-state index contributed by atoms with van der Waals surface area (Å²) in [6.07, 6.45) is 3.84. The van der Waals surface area contributed by atoms with Crippen molar-refractivity contribution in [3.63, 3.8) is 0 Å². The predicted octanol–water partition coefficient (Wildman–Crippen LogP) is 4.19. The van der Waals surface area contributed by atoms with Gasteiger partial charge in [0.2, 0.25) is 0 Å². The molecule has 0 bridgehead atoms. The van der Waals surface area contributed by atoms with Gasteiger partial charge in [0, 0.05) is 6.04 Å². The lowest BCUT2D eigenvalue weighted by Crippen LogP contribution is -2.57. The molecule has 1 fully saturated rings. The van der Waals surface area contributed by atoms with Crippen molar-refractivity contribution in [3.8, 4) is 0 Å². The molecule has 0 spiro atoms. The molecule has 1 aromatic carbocycles. The van der Waals surface area contributed by atoms with E-state index in [1.807, 2.05) is 0 Å². The third-order valence-electron chi connectivity index (χ3n) is 5.33. The number of rotatable bonds is 4.